The third kappa shape index (κ3) is 36.9. The van der Waals surface area contributed by atoms with Gasteiger partial charge in [-0.1, -0.05) is 311 Å². The number of benzene rings is 2. The van der Waals surface area contributed by atoms with Gasteiger partial charge in [-0.05, 0) is 68.9 Å². The van der Waals surface area contributed by atoms with Gasteiger partial charge in [0.2, 0.25) is 11.5 Å². The molecule has 3 aromatic rings. The van der Waals surface area contributed by atoms with Gasteiger partial charge in [0.15, 0.2) is 23.0 Å². The number of nitrogens with one attached hydrogen (secondary N) is 1. The molecule has 478 valence electrons. The van der Waals surface area contributed by atoms with Crippen molar-refractivity contribution < 1.29 is 28.4 Å². The summed E-state index contributed by atoms with van der Waals surface area (Å²) in [6.45, 7) is 17.6. The Morgan fingerprint density at radius 1 is 0.241 bits per heavy atom. The summed E-state index contributed by atoms with van der Waals surface area (Å²) in [5, 5.41) is 8.50. The molecule has 0 radical (unpaired) electrons. The zero-order valence-corrected chi connectivity index (χ0v) is 55.5. The predicted octanol–water partition coefficient (Wildman–Crippen LogP) is 24.9. The molecule has 0 aliphatic rings. The minimum absolute atomic E-state index is 0.646. The van der Waals surface area contributed by atoms with E-state index in [0.717, 1.165) is 95.5 Å². The number of nitrogens with zero attached hydrogens (tertiary/aromatic N) is 1. The Labute approximate surface area is 513 Å². The van der Waals surface area contributed by atoms with E-state index in [1.165, 1.54) is 270 Å². The smallest absolute Gasteiger partial charge is 0.203 e. The first-order chi connectivity index (χ1) is 41.1. The summed E-state index contributed by atoms with van der Waals surface area (Å²) in [5.74, 6) is 4.52. The average Bonchev–Trinajstić information content (AvgIpc) is 4.16. The molecule has 0 fully saturated rings. The third-order valence-electron chi connectivity index (χ3n) is 16.7. The van der Waals surface area contributed by atoms with Crippen molar-refractivity contribution in [1.82, 2.24) is 10.2 Å². The lowest BCUT2D eigenvalue weighted by Crippen LogP contribution is -2.07. The number of aromatic nitrogens is 2. The van der Waals surface area contributed by atoms with E-state index >= 15 is 0 Å². The Hall–Kier alpha value is -3.55. The van der Waals surface area contributed by atoms with E-state index in [-0.39, 0.29) is 0 Å². The van der Waals surface area contributed by atoms with Crippen LogP contribution in [0.3, 0.4) is 0 Å². The Balaban J connectivity index is 2.00. The number of aromatic amines is 1. The minimum Gasteiger partial charge on any atom is -0.490 e. The molecule has 0 amide bonds. The highest BCUT2D eigenvalue weighted by atomic mass is 16.5. The normalized spacial score (nSPS) is 11.4. The maximum absolute atomic E-state index is 6.80. The number of hydrogen-bond acceptors (Lipinski definition) is 7. The quantitative estimate of drug-likeness (QED) is 0.0564. The fourth-order valence-corrected chi connectivity index (χ4v) is 11.3. The van der Waals surface area contributed by atoms with Crippen molar-refractivity contribution in [3.63, 3.8) is 0 Å². The second kappa shape index (κ2) is 53.9. The van der Waals surface area contributed by atoms with Crippen LogP contribution in [0, 0.1) is 0 Å². The highest BCUT2D eigenvalue weighted by Crippen LogP contribution is 2.45. The topological polar surface area (TPSA) is 84.1 Å². The van der Waals surface area contributed by atoms with Gasteiger partial charge in [-0.3, -0.25) is 5.10 Å². The van der Waals surface area contributed by atoms with Crippen molar-refractivity contribution in [2.75, 3.05) is 39.6 Å². The summed E-state index contributed by atoms with van der Waals surface area (Å²) in [6.07, 6.45) is 60.3. The lowest BCUT2D eigenvalue weighted by molar-refractivity contribution is 0.234. The Morgan fingerprint density at radius 3 is 0.687 bits per heavy atom. The second-order valence-electron chi connectivity index (χ2n) is 24.7. The first kappa shape index (κ1) is 73.7. The molecular weight excluding hydrogens is 1020 g/mol. The molecular formula is C75H132N2O6. The highest BCUT2D eigenvalue weighted by Gasteiger charge is 2.21. The third-order valence-corrected chi connectivity index (χ3v) is 16.7. The maximum atomic E-state index is 6.80. The molecule has 0 atom stereocenters. The Kier molecular flexibility index (Phi) is 47.9. The Morgan fingerprint density at radius 2 is 0.446 bits per heavy atom. The van der Waals surface area contributed by atoms with Gasteiger partial charge in [0.25, 0.3) is 0 Å². The van der Waals surface area contributed by atoms with Crippen LogP contribution in [0.25, 0.3) is 22.5 Å². The van der Waals surface area contributed by atoms with Crippen LogP contribution in [-0.4, -0.2) is 49.8 Å². The summed E-state index contributed by atoms with van der Waals surface area (Å²) in [7, 11) is 0. The molecule has 0 unspecified atom stereocenters. The van der Waals surface area contributed by atoms with Gasteiger partial charge in [0, 0.05) is 11.1 Å². The molecule has 8 heteroatoms. The van der Waals surface area contributed by atoms with Gasteiger partial charge in [-0.15, -0.1) is 0 Å². The zero-order chi connectivity index (χ0) is 59.1. The van der Waals surface area contributed by atoms with Gasteiger partial charge < -0.3 is 28.4 Å². The van der Waals surface area contributed by atoms with Gasteiger partial charge in [0.05, 0.1) is 51.0 Å². The van der Waals surface area contributed by atoms with E-state index in [0.29, 0.717) is 39.6 Å². The summed E-state index contributed by atoms with van der Waals surface area (Å²) >= 11 is 0. The van der Waals surface area contributed by atoms with Crippen molar-refractivity contribution in [2.45, 2.75) is 350 Å². The van der Waals surface area contributed by atoms with Crippen LogP contribution in [-0.2, 0) is 0 Å². The van der Waals surface area contributed by atoms with Crippen LogP contribution in [0.2, 0.25) is 0 Å². The number of hydrogen-bond donors (Lipinski definition) is 1. The van der Waals surface area contributed by atoms with Crippen LogP contribution in [0.4, 0.5) is 0 Å². The predicted molar refractivity (Wildman–Crippen MR) is 358 cm³/mol. The van der Waals surface area contributed by atoms with Gasteiger partial charge in [0.1, 0.15) is 0 Å². The molecule has 0 spiro atoms. The molecule has 1 aromatic heterocycles. The van der Waals surface area contributed by atoms with Crippen molar-refractivity contribution >= 4 is 0 Å². The highest BCUT2D eigenvalue weighted by molar-refractivity contribution is 5.75. The number of ether oxygens (including phenoxy) is 6. The first-order valence-corrected chi connectivity index (χ1v) is 36.3. The van der Waals surface area contributed by atoms with Crippen LogP contribution >= 0.6 is 0 Å². The van der Waals surface area contributed by atoms with E-state index in [1.807, 2.05) is 0 Å². The van der Waals surface area contributed by atoms with Gasteiger partial charge in [-0.25, -0.2) is 0 Å². The fourth-order valence-electron chi connectivity index (χ4n) is 11.3. The van der Waals surface area contributed by atoms with E-state index < -0.39 is 0 Å². The summed E-state index contributed by atoms with van der Waals surface area (Å²) in [4.78, 5) is 0. The molecule has 3 rings (SSSR count). The molecule has 0 aliphatic heterocycles. The zero-order valence-electron chi connectivity index (χ0n) is 55.5. The molecule has 2 aromatic carbocycles. The lowest BCUT2D eigenvalue weighted by atomic mass is 10.1. The molecule has 0 saturated carbocycles. The standard InChI is InChI=1S/C75H132N2O6/c1-7-13-19-25-31-37-43-49-55-78-70-61-66(62-71(79-56-50-44-38-32-26-20-14-8-2)74(70)82-59-53-47-41-35-29-23-17-11-5)68-65-69(77-76-68)67-63-72(80-57-51-45-39-33-27-21-15-9-3)75(83-60-54-48-42-36-30-24-18-12-6)73(64-67)81-58-52-46-40-34-28-22-16-10-4/h61-65H,7-60H2,1-6H3,(H,76,77). The van der Waals surface area contributed by atoms with E-state index in [4.69, 9.17) is 33.5 Å². The second-order valence-corrected chi connectivity index (χ2v) is 24.7. The van der Waals surface area contributed by atoms with Crippen molar-refractivity contribution in [3.8, 4) is 57.0 Å². The number of unbranched alkanes of at least 4 members (excludes halogenated alkanes) is 42. The van der Waals surface area contributed by atoms with Crippen molar-refractivity contribution in [1.29, 1.82) is 0 Å². The van der Waals surface area contributed by atoms with Crippen LogP contribution in [0.1, 0.15) is 350 Å². The number of rotatable bonds is 62. The summed E-state index contributed by atoms with van der Waals surface area (Å²) in [6, 6.07) is 10.8. The van der Waals surface area contributed by atoms with Crippen LogP contribution in [0.15, 0.2) is 30.3 Å². The number of H-pyrrole nitrogens is 1. The monoisotopic (exact) mass is 1160 g/mol. The molecule has 8 nitrogen and oxygen atoms in total. The van der Waals surface area contributed by atoms with E-state index in [1.54, 1.807) is 0 Å². The fraction of sp³-hybridized carbons (Fsp3) is 0.800. The van der Waals surface area contributed by atoms with Gasteiger partial charge in [-0.2, -0.15) is 5.10 Å². The minimum atomic E-state index is 0.646. The molecule has 0 bridgehead atoms. The SMILES string of the molecule is CCCCCCCCCCOc1cc(-c2cc(-c3cc(OCCCCCCCCCC)c(OCCCCCCCCCC)c(OCCCCCCCCCC)c3)[nH]n2)cc(OCCCCCCCCCC)c1OCCCCCCCCCC. The molecule has 1 N–H and O–H groups in total. The average molecular weight is 1160 g/mol. The van der Waals surface area contributed by atoms with Crippen LogP contribution < -0.4 is 28.4 Å². The largest absolute Gasteiger partial charge is 0.490 e. The van der Waals surface area contributed by atoms with E-state index in [2.05, 4.69) is 77.0 Å². The van der Waals surface area contributed by atoms with Crippen molar-refractivity contribution in [2.24, 2.45) is 0 Å². The van der Waals surface area contributed by atoms with Crippen molar-refractivity contribution in [3.05, 3.63) is 30.3 Å². The maximum Gasteiger partial charge on any atom is 0.203 e. The van der Waals surface area contributed by atoms with E-state index in [9.17, 15) is 0 Å². The summed E-state index contributed by atoms with van der Waals surface area (Å²) < 4.78 is 40.8. The molecule has 1 heterocycles. The van der Waals surface area contributed by atoms with Crippen LogP contribution in [0.5, 0.6) is 34.5 Å². The molecule has 0 aliphatic carbocycles. The molecule has 83 heavy (non-hydrogen) atoms. The van der Waals surface area contributed by atoms with Gasteiger partial charge >= 0.3 is 0 Å². The Bertz CT molecular complexity index is 1680. The first-order valence-electron chi connectivity index (χ1n) is 36.3. The lowest BCUT2D eigenvalue weighted by Gasteiger charge is -2.19. The molecule has 0 saturated heterocycles. The summed E-state index contributed by atoms with van der Waals surface area (Å²) in [5.41, 5.74) is 3.66.